The fourth-order valence-corrected chi connectivity index (χ4v) is 3.01. The van der Waals surface area contributed by atoms with Gasteiger partial charge in [-0.25, -0.2) is 4.39 Å². The minimum Gasteiger partial charge on any atom is -0.206 e. The van der Waals surface area contributed by atoms with Gasteiger partial charge in [0.15, 0.2) is 0 Å². The minimum absolute atomic E-state index is 0.0788. The third-order valence-electron chi connectivity index (χ3n) is 4.00. The van der Waals surface area contributed by atoms with Gasteiger partial charge < -0.3 is 0 Å². The molecule has 1 heteroatoms. The molecular weight excluding hydrogens is 247 g/mol. The summed E-state index contributed by atoms with van der Waals surface area (Å²) >= 11 is 0. The van der Waals surface area contributed by atoms with Crippen molar-refractivity contribution in [2.24, 2.45) is 0 Å². The van der Waals surface area contributed by atoms with Gasteiger partial charge in [0.2, 0.25) is 0 Å². The quantitative estimate of drug-likeness (QED) is 0.448. The summed E-state index contributed by atoms with van der Waals surface area (Å²) in [5.74, 6) is -0.0788. The molecule has 0 nitrogen and oxygen atoms in total. The summed E-state index contributed by atoms with van der Waals surface area (Å²) in [6, 6.07) is 21.9. The van der Waals surface area contributed by atoms with Crippen molar-refractivity contribution in [3.8, 4) is 22.3 Å². The van der Waals surface area contributed by atoms with Crippen LogP contribution in [0.25, 0.3) is 22.3 Å². The molecule has 20 heavy (non-hydrogen) atoms. The van der Waals surface area contributed by atoms with Crippen molar-refractivity contribution in [2.45, 2.75) is 6.42 Å². The molecule has 0 bridgehead atoms. The van der Waals surface area contributed by atoms with Crippen LogP contribution >= 0.6 is 0 Å². The molecule has 0 amide bonds. The van der Waals surface area contributed by atoms with Crippen molar-refractivity contribution in [3.05, 3.63) is 83.7 Å². The predicted octanol–water partition coefficient (Wildman–Crippen LogP) is 5.06. The first-order valence-corrected chi connectivity index (χ1v) is 6.79. The lowest BCUT2D eigenvalue weighted by Gasteiger charge is -2.08. The Morgan fingerprint density at radius 2 is 1.35 bits per heavy atom. The molecule has 1 aliphatic rings. The highest BCUT2D eigenvalue weighted by molar-refractivity contribution is 5.80. The predicted molar refractivity (Wildman–Crippen MR) is 80.1 cm³/mol. The lowest BCUT2D eigenvalue weighted by Crippen LogP contribution is -1.92. The van der Waals surface area contributed by atoms with Crippen LogP contribution in [-0.2, 0) is 6.42 Å². The normalized spacial score (nSPS) is 12.1. The summed E-state index contributed by atoms with van der Waals surface area (Å²) in [7, 11) is 0. The van der Waals surface area contributed by atoms with Gasteiger partial charge in [0.05, 0.1) is 0 Å². The van der Waals surface area contributed by atoms with Crippen molar-refractivity contribution >= 4 is 0 Å². The van der Waals surface area contributed by atoms with E-state index in [1.165, 1.54) is 11.1 Å². The third-order valence-corrected chi connectivity index (χ3v) is 4.00. The van der Waals surface area contributed by atoms with Crippen molar-refractivity contribution in [1.29, 1.82) is 0 Å². The van der Waals surface area contributed by atoms with E-state index in [1.807, 2.05) is 54.6 Å². The fraction of sp³-hybridized carbons (Fsp3) is 0.0526. The fourth-order valence-electron chi connectivity index (χ4n) is 3.01. The van der Waals surface area contributed by atoms with E-state index in [2.05, 4.69) is 12.1 Å². The molecule has 0 spiro atoms. The maximum absolute atomic E-state index is 14.8. The van der Waals surface area contributed by atoms with E-state index in [1.54, 1.807) is 0 Å². The van der Waals surface area contributed by atoms with Crippen LogP contribution in [0.3, 0.4) is 0 Å². The SMILES string of the molecule is Fc1c(-c2ccccc2)ccc2c1Cc1ccccc1-2. The second-order valence-electron chi connectivity index (χ2n) is 5.15. The number of rotatable bonds is 1. The van der Waals surface area contributed by atoms with Gasteiger partial charge in [-0.1, -0.05) is 66.7 Å². The number of benzene rings is 3. The highest BCUT2D eigenvalue weighted by Gasteiger charge is 2.23. The van der Waals surface area contributed by atoms with Crippen LogP contribution in [0.4, 0.5) is 4.39 Å². The molecule has 96 valence electrons. The Hall–Kier alpha value is -2.41. The van der Waals surface area contributed by atoms with Crippen LogP contribution < -0.4 is 0 Å². The van der Waals surface area contributed by atoms with Crippen LogP contribution in [0, 0.1) is 5.82 Å². The van der Waals surface area contributed by atoms with Crippen molar-refractivity contribution in [1.82, 2.24) is 0 Å². The first-order chi connectivity index (χ1) is 9.84. The molecule has 0 N–H and O–H groups in total. The van der Waals surface area contributed by atoms with E-state index in [-0.39, 0.29) is 5.82 Å². The van der Waals surface area contributed by atoms with E-state index in [4.69, 9.17) is 0 Å². The van der Waals surface area contributed by atoms with Crippen LogP contribution in [0.2, 0.25) is 0 Å². The summed E-state index contributed by atoms with van der Waals surface area (Å²) in [4.78, 5) is 0. The van der Waals surface area contributed by atoms with Gasteiger partial charge in [0, 0.05) is 17.5 Å². The Bertz CT molecular complexity index is 788. The van der Waals surface area contributed by atoms with E-state index in [0.29, 0.717) is 12.0 Å². The van der Waals surface area contributed by atoms with E-state index >= 15 is 0 Å². The van der Waals surface area contributed by atoms with Gasteiger partial charge in [0.25, 0.3) is 0 Å². The summed E-state index contributed by atoms with van der Waals surface area (Å²) in [5.41, 5.74) is 5.87. The second-order valence-corrected chi connectivity index (χ2v) is 5.15. The van der Waals surface area contributed by atoms with Gasteiger partial charge in [0.1, 0.15) is 5.82 Å². The maximum atomic E-state index is 14.8. The molecule has 0 saturated carbocycles. The molecule has 0 atom stereocenters. The third kappa shape index (κ3) is 1.60. The Morgan fingerprint density at radius 1 is 0.650 bits per heavy atom. The lowest BCUT2D eigenvalue weighted by molar-refractivity contribution is 0.620. The number of hydrogen-bond donors (Lipinski definition) is 0. The van der Waals surface area contributed by atoms with Crippen LogP contribution in [-0.4, -0.2) is 0 Å². The largest absolute Gasteiger partial charge is 0.206 e. The summed E-state index contributed by atoms with van der Waals surface area (Å²) in [6.45, 7) is 0. The molecule has 0 heterocycles. The molecule has 0 aromatic heterocycles. The Labute approximate surface area is 117 Å². The van der Waals surface area contributed by atoms with Gasteiger partial charge in [-0.3, -0.25) is 0 Å². The first-order valence-electron chi connectivity index (χ1n) is 6.79. The van der Waals surface area contributed by atoms with Crippen LogP contribution in [0.15, 0.2) is 66.7 Å². The Morgan fingerprint density at radius 3 is 2.20 bits per heavy atom. The van der Waals surface area contributed by atoms with Gasteiger partial charge >= 0.3 is 0 Å². The van der Waals surface area contributed by atoms with E-state index in [9.17, 15) is 4.39 Å². The van der Waals surface area contributed by atoms with E-state index in [0.717, 1.165) is 16.7 Å². The zero-order chi connectivity index (χ0) is 13.5. The Kier molecular flexibility index (Phi) is 2.46. The van der Waals surface area contributed by atoms with Gasteiger partial charge in [-0.2, -0.15) is 0 Å². The second kappa shape index (κ2) is 4.31. The molecule has 1 aliphatic carbocycles. The summed E-state index contributed by atoms with van der Waals surface area (Å²) in [5, 5.41) is 0. The molecule has 4 rings (SSSR count). The standard InChI is InChI=1S/C19H13F/c20-19-16(13-6-2-1-3-7-13)10-11-17-15-9-5-4-8-14(15)12-18(17)19/h1-11H,12H2. The molecular formula is C19H13F. The van der Waals surface area contributed by atoms with Gasteiger partial charge in [-0.05, 0) is 22.3 Å². The molecule has 3 aromatic carbocycles. The zero-order valence-electron chi connectivity index (χ0n) is 10.9. The molecule has 0 saturated heterocycles. The van der Waals surface area contributed by atoms with Crippen molar-refractivity contribution in [2.75, 3.05) is 0 Å². The summed E-state index contributed by atoms with van der Waals surface area (Å²) < 4.78 is 14.8. The number of hydrogen-bond acceptors (Lipinski definition) is 0. The van der Waals surface area contributed by atoms with Crippen molar-refractivity contribution < 1.29 is 4.39 Å². The van der Waals surface area contributed by atoms with E-state index < -0.39 is 0 Å². The molecule has 0 radical (unpaired) electrons. The average molecular weight is 260 g/mol. The number of fused-ring (bicyclic) bond motifs is 3. The molecule has 0 aliphatic heterocycles. The smallest absolute Gasteiger partial charge is 0.135 e. The van der Waals surface area contributed by atoms with Crippen LogP contribution in [0.1, 0.15) is 11.1 Å². The minimum atomic E-state index is -0.0788. The zero-order valence-corrected chi connectivity index (χ0v) is 10.9. The average Bonchev–Trinajstić information content (AvgIpc) is 2.88. The van der Waals surface area contributed by atoms with Crippen LogP contribution in [0.5, 0.6) is 0 Å². The Balaban J connectivity index is 1.91. The lowest BCUT2D eigenvalue weighted by atomic mass is 9.98. The molecule has 0 fully saturated rings. The number of halogens is 1. The maximum Gasteiger partial charge on any atom is 0.135 e. The highest BCUT2D eigenvalue weighted by Crippen LogP contribution is 2.40. The van der Waals surface area contributed by atoms with Gasteiger partial charge in [-0.15, -0.1) is 0 Å². The topological polar surface area (TPSA) is 0 Å². The monoisotopic (exact) mass is 260 g/mol. The summed E-state index contributed by atoms with van der Waals surface area (Å²) in [6.07, 6.45) is 0.692. The highest BCUT2D eigenvalue weighted by atomic mass is 19.1. The molecule has 0 unspecified atom stereocenters. The first kappa shape index (κ1) is 11.4. The molecule has 3 aromatic rings. The van der Waals surface area contributed by atoms with Crippen molar-refractivity contribution in [3.63, 3.8) is 0 Å².